The molecule has 0 spiro atoms. The van der Waals surface area contributed by atoms with Crippen LogP contribution < -0.4 is 17.2 Å². The van der Waals surface area contributed by atoms with E-state index in [1.807, 2.05) is 12.1 Å². The fraction of sp³-hybridized carbons (Fsp3) is 0. The van der Waals surface area contributed by atoms with Crippen molar-refractivity contribution < 1.29 is 0 Å². The molecule has 0 atom stereocenters. The molecule has 0 aliphatic rings. The second-order valence-corrected chi connectivity index (χ2v) is 3.81. The molecule has 0 heterocycles. The van der Waals surface area contributed by atoms with Crippen molar-refractivity contribution in [1.82, 2.24) is 0 Å². The standard InChI is InChI=1S/C12H12N6/c13-9-3-1-7(5-10(9)14)8-2-4-12(17-18-16)11(15)6-8/h1-6H,13-15H2. The van der Waals surface area contributed by atoms with Gasteiger partial charge in [-0.3, -0.25) is 0 Å². The van der Waals surface area contributed by atoms with Crippen LogP contribution in [-0.4, -0.2) is 0 Å². The van der Waals surface area contributed by atoms with Crippen LogP contribution in [0.2, 0.25) is 0 Å². The van der Waals surface area contributed by atoms with E-state index in [1.54, 1.807) is 24.3 Å². The summed E-state index contributed by atoms with van der Waals surface area (Å²) < 4.78 is 0. The van der Waals surface area contributed by atoms with Gasteiger partial charge in [0.15, 0.2) is 0 Å². The number of nitrogens with two attached hydrogens (primary N) is 3. The maximum atomic E-state index is 8.37. The van der Waals surface area contributed by atoms with Crippen LogP contribution in [0.3, 0.4) is 0 Å². The van der Waals surface area contributed by atoms with Gasteiger partial charge in [-0.2, -0.15) is 0 Å². The average molecular weight is 240 g/mol. The van der Waals surface area contributed by atoms with E-state index in [2.05, 4.69) is 10.0 Å². The van der Waals surface area contributed by atoms with Gasteiger partial charge in [-0.15, -0.1) is 0 Å². The summed E-state index contributed by atoms with van der Waals surface area (Å²) in [6, 6.07) is 10.6. The molecule has 0 unspecified atom stereocenters. The maximum Gasteiger partial charge on any atom is 0.0605 e. The van der Waals surface area contributed by atoms with E-state index < -0.39 is 0 Å². The first-order valence-corrected chi connectivity index (χ1v) is 5.22. The highest BCUT2D eigenvalue weighted by atomic mass is 15.1. The summed E-state index contributed by atoms with van der Waals surface area (Å²) in [7, 11) is 0. The first kappa shape index (κ1) is 11.6. The quantitative estimate of drug-likeness (QED) is 0.323. The van der Waals surface area contributed by atoms with E-state index in [4.69, 9.17) is 22.7 Å². The summed E-state index contributed by atoms with van der Waals surface area (Å²) >= 11 is 0. The zero-order chi connectivity index (χ0) is 13.1. The van der Waals surface area contributed by atoms with E-state index >= 15 is 0 Å². The van der Waals surface area contributed by atoms with Gasteiger partial charge in [0.25, 0.3) is 0 Å². The molecule has 6 nitrogen and oxygen atoms in total. The summed E-state index contributed by atoms with van der Waals surface area (Å²) in [4.78, 5) is 2.70. The van der Waals surface area contributed by atoms with Gasteiger partial charge in [0.05, 0.1) is 17.1 Å². The molecule has 6 heteroatoms. The number of anilines is 3. The maximum absolute atomic E-state index is 8.37. The third-order valence-electron chi connectivity index (χ3n) is 2.60. The van der Waals surface area contributed by atoms with Crippen molar-refractivity contribution in [2.24, 2.45) is 5.11 Å². The predicted octanol–water partition coefficient (Wildman–Crippen LogP) is 3.04. The van der Waals surface area contributed by atoms with Crippen LogP contribution in [0.25, 0.3) is 21.6 Å². The van der Waals surface area contributed by atoms with E-state index in [0.717, 1.165) is 11.1 Å². The van der Waals surface area contributed by atoms with Crippen LogP contribution in [0.1, 0.15) is 0 Å². The molecule has 2 aromatic rings. The number of nitrogens with zero attached hydrogens (tertiary/aromatic N) is 3. The molecule has 0 aliphatic heterocycles. The van der Waals surface area contributed by atoms with Crippen molar-refractivity contribution in [2.45, 2.75) is 0 Å². The summed E-state index contributed by atoms with van der Waals surface area (Å²) in [5, 5.41) is 3.48. The van der Waals surface area contributed by atoms with Gasteiger partial charge >= 0.3 is 0 Å². The molecule has 0 fully saturated rings. The summed E-state index contributed by atoms with van der Waals surface area (Å²) in [6.45, 7) is 0. The number of hydrogen-bond acceptors (Lipinski definition) is 4. The van der Waals surface area contributed by atoms with Crippen LogP contribution in [0.5, 0.6) is 0 Å². The molecule has 0 saturated heterocycles. The van der Waals surface area contributed by atoms with Gasteiger partial charge in [0.1, 0.15) is 0 Å². The third kappa shape index (κ3) is 2.14. The lowest BCUT2D eigenvalue weighted by atomic mass is 10.0. The third-order valence-corrected chi connectivity index (χ3v) is 2.60. The monoisotopic (exact) mass is 240 g/mol. The van der Waals surface area contributed by atoms with Crippen molar-refractivity contribution >= 4 is 22.7 Å². The highest BCUT2D eigenvalue weighted by molar-refractivity contribution is 5.78. The Balaban J connectivity index is 2.48. The van der Waals surface area contributed by atoms with Gasteiger partial charge in [-0.05, 0) is 40.9 Å². The number of rotatable bonds is 2. The van der Waals surface area contributed by atoms with Crippen molar-refractivity contribution in [1.29, 1.82) is 0 Å². The minimum absolute atomic E-state index is 0.407. The molecule has 0 aromatic heterocycles. The van der Waals surface area contributed by atoms with Crippen molar-refractivity contribution in [3.05, 3.63) is 46.8 Å². The minimum atomic E-state index is 0.407. The molecular formula is C12H12N6. The second kappa shape index (κ2) is 4.57. The molecule has 6 N–H and O–H groups in total. The van der Waals surface area contributed by atoms with E-state index in [-0.39, 0.29) is 0 Å². The van der Waals surface area contributed by atoms with Crippen molar-refractivity contribution in [2.75, 3.05) is 17.2 Å². The summed E-state index contributed by atoms with van der Waals surface area (Å²) in [5.74, 6) is 0. The SMILES string of the molecule is [N-]=[N+]=Nc1ccc(-c2ccc(N)c(N)c2)cc1N. The van der Waals surface area contributed by atoms with Gasteiger partial charge in [-0.25, -0.2) is 0 Å². The van der Waals surface area contributed by atoms with Crippen molar-refractivity contribution in [3.63, 3.8) is 0 Å². The number of nitrogen functional groups attached to an aromatic ring is 3. The Bertz CT molecular complexity index is 643. The van der Waals surface area contributed by atoms with E-state index in [1.165, 1.54) is 0 Å². The molecule has 90 valence electrons. The molecule has 2 rings (SSSR count). The summed E-state index contributed by atoms with van der Waals surface area (Å²) in [5.41, 5.74) is 29.2. The largest absolute Gasteiger partial charge is 0.398 e. The van der Waals surface area contributed by atoms with E-state index in [9.17, 15) is 0 Å². The fourth-order valence-electron chi connectivity index (χ4n) is 1.63. The van der Waals surface area contributed by atoms with Gasteiger partial charge in [0.2, 0.25) is 0 Å². The second-order valence-electron chi connectivity index (χ2n) is 3.81. The number of hydrogen-bond donors (Lipinski definition) is 3. The lowest BCUT2D eigenvalue weighted by Crippen LogP contribution is -1.94. The fourth-order valence-corrected chi connectivity index (χ4v) is 1.63. The predicted molar refractivity (Wildman–Crippen MR) is 73.9 cm³/mol. The smallest absolute Gasteiger partial charge is 0.0605 e. The van der Waals surface area contributed by atoms with E-state index in [0.29, 0.717) is 22.7 Å². The molecule has 2 aromatic carbocycles. The normalized spacial score (nSPS) is 9.78. The molecular weight excluding hydrogens is 228 g/mol. The molecule has 0 amide bonds. The Morgan fingerprint density at radius 2 is 1.44 bits per heavy atom. The number of benzene rings is 2. The van der Waals surface area contributed by atoms with Gasteiger partial charge in [-0.1, -0.05) is 17.2 Å². The van der Waals surface area contributed by atoms with Crippen LogP contribution in [0.4, 0.5) is 22.7 Å². The summed E-state index contributed by atoms with van der Waals surface area (Å²) in [6.07, 6.45) is 0. The first-order chi connectivity index (χ1) is 8.61. The molecule has 0 bridgehead atoms. The molecule has 0 aliphatic carbocycles. The highest BCUT2D eigenvalue weighted by Crippen LogP contribution is 2.30. The van der Waals surface area contributed by atoms with Crippen LogP contribution in [-0.2, 0) is 0 Å². The number of azide groups is 1. The zero-order valence-corrected chi connectivity index (χ0v) is 9.54. The lowest BCUT2D eigenvalue weighted by Gasteiger charge is -2.07. The topological polar surface area (TPSA) is 127 Å². The molecule has 0 radical (unpaired) electrons. The van der Waals surface area contributed by atoms with Gasteiger partial charge < -0.3 is 17.2 Å². The Morgan fingerprint density at radius 1 is 0.833 bits per heavy atom. The van der Waals surface area contributed by atoms with Crippen LogP contribution in [0, 0.1) is 0 Å². The van der Waals surface area contributed by atoms with Crippen LogP contribution in [0.15, 0.2) is 41.5 Å². The Kier molecular flexibility index (Phi) is 2.95. The van der Waals surface area contributed by atoms with Crippen LogP contribution >= 0.6 is 0 Å². The minimum Gasteiger partial charge on any atom is -0.398 e. The Hall–Kier alpha value is -2.85. The molecule has 0 saturated carbocycles. The zero-order valence-electron chi connectivity index (χ0n) is 9.54. The first-order valence-electron chi connectivity index (χ1n) is 5.22. The average Bonchev–Trinajstić information content (AvgIpc) is 2.35. The molecule has 18 heavy (non-hydrogen) atoms. The Labute approximate surface area is 104 Å². The lowest BCUT2D eigenvalue weighted by molar-refractivity contribution is 1.47. The Morgan fingerprint density at radius 3 is 2.00 bits per heavy atom. The van der Waals surface area contributed by atoms with Gasteiger partial charge in [0, 0.05) is 10.6 Å². The van der Waals surface area contributed by atoms with Crippen molar-refractivity contribution in [3.8, 4) is 11.1 Å². The highest BCUT2D eigenvalue weighted by Gasteiger charge is 2.03.